The molecule has 1 amide bonds. The van der Waals surface area contributed by atoms with Gasteiger partial charge >= 0.3 is 0 Å². The van der Waals surface area contributed by atoms with Crippen LogP contribution in [0.2, 0.25) is 0 Å². The zero-order chi connectivity index (χ0) is 19.1. The number of hydrogen-bond donors (Lipinski definition) is 2. The summed E-state index contributed by atoms with van der Waals surface area (Å²) in [5.74, 6) is -1.47. The zero-order valence-corrected chi connectivity index (χ0v) is 14.2. The van der Waals surface area contributed by atoms with Crippen molar-refractivity contribution in [2.45, 2.75) is 12.3 Å². The maximum atomic E-state index is 13.6. The molecule has 0 spiro atoms. The van der Waals surface area contributed by atoms with Gasteiger partial charge in [-0.2, -0.15) is 0 Å². The van der Waals surface area contributed by atoms with Crippen molar-refractivity contribution in [2.24, 2.45) is 0 Å². The quantitative estimate of drug-likeness (QED) is 0.740. The molecule has 1 aromatic heterocycles. The van der Waals surface area contributed by atoms with Crippen molar-refractivity contribution in [1.82, 2.24) is 9.55 Å². The van der Waals surface area contributed by atoms with Crippen molar-refractivity contribution >= 4 is 11.7 Å². The second kappa shape index (κ2) is 6.39. The number of benzene rings is 2. The van der Waals surface area contributed by atoms with Gasteiger partial charge in [0.1, 0.15) is 23.8 Å². The van der Waals surface area contributed by atoms with Crippen LogP contribution < -0.4 is 10.1 Å². The van der Waals surface area contributed by atoms with E-state index in [1.54, 1.807) is 12.1 Å². The molecule has 1 aliphatic heterocycles. The Kier molecular flexibility index (Phi) is 4.02. The first kappa shape index (κ1) is 17.0. The molecule has 0 saturated carbocycles. The Morgan fingerprint density at radius 1 is 1.22 bits per heavy atom. The fourth-order valence-electron chi connectivity index (χ4n) is 3.27. The number of amides is 1. The second-order valence-corrected chi connectivity index (χ2v) is 6.21. The van der Waals surface area contributed by atoms with E-state index >= 15 is 0 Å². The number of carbonyl (C=O) groups is 1. The standard InChI is InChI=1S/C19H15F2N3O3/c1-27-16-4-10(2-3-15(16)25)14-8-17(26)23-19-18(14)22-9-24(19)13-6-11(20)5-12(21)7-13/h2-7,9,14,25H,8H2,1H3,(H,23,26)/t14-/m1/s1. The number of aromatic nitrogens is 2. The van der Waals surface area contributed by atoms with Gasteiger partial charge in [-0.15, -0.1) is 0 Å². The molecule has 0 radical (unpaired) electrons. The molecular formula is C19H15F2N3O3. The van der Waals surface area contributed by atoms with Crippen LogP contribution in [0.15, 0.2) is 42.7 Å². The van der Waals surface area contributed by atoms with E-state index in [1.807, 2.05) is 0 Å². The lowest BCUT2D eigenvalue weighted by molar-refractivity contribution is -0.116. The predicted octanol–water partition coefficient (Wildman–Crippen LogP) is 3.34. The van der Waals surface area contributed by atoms with Crippen LogP contribution in [0.25, 0.3) is 5.69 Å². The molecule has 27 heavy (non-hydrogen) atoms. The third-order valence-electron chi connectivity index (χ3n) is 4.50. The van der Waals surface area contributed by atoms with Crippen LogP contribution in [0.5, 0.6) is 11.5 Å². The average molecular weight is 371 g/mol. The molecule has 2 N–H and O–H groups in total. The van der Waals surface area contributed by atoms with Crippen molar-refractivity contribution in [2.75, 3.05) is 12.4 Å². The minimum absolute atomic E-state index is 0.0116. The van der Waals surface area contributed by atoms with Gasteiger partial charge in [-0.3, -0.25) is 9.36 Å². The first-order valence-electron chi connectivity index (χ1n) is 8.16. The van der Waals surface area contributed by atoms with E-state index in [9.17, 15) is 18.7 Å². The lowest BCUT2D eigenvalue weighted by Gasteiger charge is -2.23. The Hall–Kier alpha value is -3.42. The molecule has 0 fully saturated rings. The molecule has 6 nitrogen and oxygen atoms in total. The predicted molar refractivity (Wildman–Crippen MR) is 93.2 cm³/mol. The number of hydrogen-bond acceptors (Lipinski definition) is 4. The highest BCUT2D eigenvalue weighted by Crippen LogP contribution is 2.40. The van der Waals surface area contributed by atoms with Crippen LogP contribution in [-0.2, 0) is 4.79 Å². The first-order chi connectivity index (χ1) is 13.0. The molecular weight excluding hydrogens is 356 g/mol. The van der Waals surface area contributed by atoms with Crippen molar-refractivity contribution in [3.8, 4) is 17.2 Å². The Bertz CT molecular complexity index is 1030. The molecule has 138 valence electrons. The molecule has 1 aliphatic rings. The van der Waals surface area contributed by atoms with Gasteiger partial charge in [0.15, 0.2) is 11.5 Å². The van der Waals surface area contributed by atoms with Crippen LogP contribution in [0.3, 0.4) is 0 Å². The summed E-state index contributed by atoms with van der Waals surface area (Å²) >= 11 is 0. The van der Waals surface area contributed by atoms with Gasteiger partial charge in [-0.05, 0) is 29.8 Å². The summed E-state index contributed by atoms with van der Waals surface area (Å²) in [7, 11) is 1.44. The maximum Gasteiger partial charge on any atom is 0.226 e. The van der Waals surface area contributed by atoms with E-state index in [1.165, 1.54) is 24.1 Å². The van der Waals surface area contributed by atoms with E-state index < -0.39 is 11.6 Å². The number of methoxy groups -OCH3 is 1. The van der Waals surface area contributed by atoms with Gasteiger partial charge in [0, 0.05) is 18.4 Å². The van der Waals surface area contributed by atoms with Crippen LogP contribution >= 0.6 is 0 Å². The highest BCUT2D eigenvalue weighted by atomic mass is 19.1. The zero-order valence-electron chi connectivity index (χ0n) is 14.2. The average Bonchev–Trinajstić information content (AvgIpc) is 3.04. The fourth-order valence-corrected chi connectivity index (χ4v) is 3.27. The number of fused-ring (bicyclic) bond motifs is 1. The first-order valence-corrected chi connectivity index (χ1v) is 8.16. The normalized spacial score (nSPS) is 16.0. The molecule has 3 aromatic rings. The number of carbonyl (C=O) groups excluding carboxylic acids is 1. The van der Waals surface area contributed by atoms with E-state index in [0.29, 0.717) is 11.5 Å². The summed E-state index contributed by atoms with van der Waals surface area (Å²) in [5.41, 5.74) is 1.51. The van der Waals surface area contributed by atoms with Gasteiger partial charge in [0.25, 0.3) is 0 Å². The Morgan fingerprint density at radius 2 is 1.96 bits per heavy atom. The number of anilines is 1. The minimum atomic E-state index is -0.727. The summed E-state index contributed by atoms with van der Waals surface area (Å²) < 4.78 is 33.8. The monoisotopic (exact) mass is 371 g/mol. The number of nitrogens with one attached hydrogen (secondary N) is 1. The summed E-state index contributed by atoms with van der Waals surface area (Å²) in [6.45, 7) is 0. The highest BCUT2D eigenvalue weighted by Gasteiger charge is 2.31. The number of aromatic hydroxyl groups is 1. The molecule has 4 rings (SSSR count). The van der Waals surface area contributed by atoms with Crippen LogP contribution in [0.4, 0.5) is 14.6 Å². The molecule has 0 unspecified atom stereocenters. The van der Waals surface area contributed by atoms with Crippen LogP contribution in [-0.4, -0.2) is 27.7 Å². The van der Waals surface area contributed by atoms with Crippen LogP contribution in [0, 0.1) is 11.6 Å². The van der Waals surface area contributed by atoms with E-state index in [4.69, 9.17) is 4.74 Å². The molecule has 0 aliphatic carbocycles. The van der Waals surface area contributed by atoms with E-state index in [2.05, 4.69) is 10.3 Å². The van der Waals surface area contributed by atoms with Crippen molar-refractivity contribution in [1.29, 1.82) is 0 Å². The highest BCUT2D eigenvalue weighted by molar-refractivity contribution is 5.94. The fraction of sp³-hybridized carbons (Fsp3) is 0.158. The Labute approximate surface area is 153 Å². The lowest BCUT2D eigenvalue weighted by Crippen LogP contribution is -2.25. The topological polar surface area (TPSA) is 76.4 Å². The van der Waals surface area contributed by atoms with Gasteiger partial charge in [0.05, 0.1) is 18.5 Å². The summed E-state index contributed by atoms with van der Waals surface area (Å²) in [6, 6.07) is 7.90. The molecule has 0 bridgehead atoms. The number of halogens is 2. The second-order valence-electron chi connectivity index (χ2n) is 6.21. The number of nitrogens with zero attached hydrogens (tertiary/aromatic N) is 2. The number of ether oxygens (including phenoxy) is 1. The van der Waals surface area contributed by atoms with Crippen molar-refractivity contribution < 1.29 is 23.4 Å². The lowest BCUT2D eigenvalue weighted by atomic mass is 9.89. The molecule has 0 saturated heterocycles. The Balaban J connectivity index is 1.82. The van der Waals surface area contributed by atoms with Crippen LogP contribution in [0.1, 0.15) is 23.6 Å². The van der Waals surface area contributed by atoms with Gasteiger partial charge in [0.2, 0.25) is 5.91 Å². The Morgan fingerprint density at radius 3 is 2.67 bits per heavy atom. The smallest absolute Gasteiger partial charge is 0.226 e. The summed E-state index contributed by atoms with van der Waals surface area (Å²) in [5, 5.41) is 12.5. The number of phenols is 1. The van der Waals surface area contributed by atoms with Crippen molar-refractivity contribution in [3.63, 3.8) is 0 Å². The number of imidazole rings is 1. The van der Waals surface area contributed by atoms with Gasteiger partial charge in [-0.25, -0.2) is 13.8 Å². The van der Waals surface area contributed by atoms with E-state index in [0.717, 1.165) is 23.8 Å². The molecule has 2 heterocycles. The van der Waals surface area contributed by atoms with Gasteiger partial charge < -0.3 is 15.2 Å². The third-order valence-corrected chi connectivity index (χ3v) is 4.50. The minimum Gasteiger partial charge on any atom is -0.504 e. The molecule has 2 aromatic carbocycles. The summed E-state index contributed by atoms with van der Waals surface area (Å²) in [6.07, 6.45) is 1.56. The number of phenolic OH excluding ortho intramolecular Hbond substituents is 1. The SMILES string of the molecule is COc1cc([C@H]2CC(=O)Nc3c2ncn3-c2cc(F)cc(F)c2)ccc1O. The third kappa shape index (κ3) is 2.99. The van der Waals surface area contributed by atoms with Crippen molar-refractivity contribution in [3.05, 3.63) is 65.6 Å². The molecule has 8 heteroatoms. The van der Waals surface area contributed by atoms with Gasteiger partial charge in [-0.1, -0.05) is 6.07 Å². The number of rotatable bonds is 3. The largest absolute Gasteiger partial charge is 0.504 e. The summed E-state index contributed by atoms with van der Waals surface area (Å²) in [4.78, 5) is 16.6. The van der Waals surface area contributed by atoms with E-state index in [-0.39, 0.29) is 35.4 Å². The molecule has 1 atom stereocenters. The maximum absolute atomic E-state index is 13.6.